The lowest BCUT2D eigenvalue weighted by Crippen LogP contribution is -2.29. The van der Waals surface area contributed by atoms with Gasteiger partial charge >= 0.3 is 19.8 Å². The van der Waals surface area contributed by atoms with Crippen LogP contribution in [0.4, 0.5) is 0 Å². The highest BCUT2D eigenvalue weighted by molar-refractivity contribution is 7.47. The van der Waals surface area contributed by atoms with Crippen LogP contribution >= 0.6 is 7.82 Å². The summed E-state index contributed by atoms with van der Waals surface area (Å²) in [6.45, 7) is 3.39. The van der Waals surface area contributed by atoms with Gasteiger partial charge in [-0.3, -0.25) is 18.6 Å². The molecule has 3 N–H and O–H groups in total. The molecule has 10 heteroatoms. The molecular weight excluding hydrogens is 906 g/mol. The van der Waals surface area contributed by atoms with Crippen molar-refractivity contribution in [2.24, 2.45) is 5.73 Å². The number of rotatable bonds is 51. The van der Waals surface area contributed by atoms with Crippen LogP contribution in [0.15, 0.2) is 122 Å². The Morgan fingerprint density at radius 2 is 0.775 bits per heavy atom. The van der Waals surface area contributed by atoms with Gasteiger partial charge in [0.2, 0.25) is 0 Å². The number of allylic oxidation sites excluding steroid dienone is 19. The molecule has 0 aliphatic heterocycles. The monoisotopic (exact) mass is 1010 g/mol. The number of phosphoric ester groups is 1. The van der Waals surface area contributed by atoms with Gasteiger partial charge in [0, 0.05) is 13.0 Å². The zero-order valence-electron chi connectivity index (χ0n) is 44.9. The van der Waals surface area contributed by atoms with Crippen molar-refractivity contribution in [3.63, 3.8) is 0 Å². The van der Waals surface area contributed by atoms with E-state index in [1.165, 1.54) is 103 Å². The van der Waals surface area contributed by atoms with Gasteiger partial charge in [-0.2, -0.15) is 0 Å². The van der Waals surface area contributed by atoms with E-state index in [4.69, 9.17) is 24.3 Å². The summed E-state index contributed by atoms with van der Waals surface area (Å²) in [7, 11) is -4.41. The van der Waals surface area contributed by atoms with Crippen LogP contribution in [-0.4, -0.2) is 49.3 Å². The molecule has 0 amide bonds. The molecule has 0 radical (unpaired) electrons. The Morgan fingerprint density at radius 3 is 1.15 bits per heavy atom. The van der Waals surface area contributed by atoms with Gasteiger partial charge in [0.1, 0.15) is 6.61 Å². The summed E-state index contributed by atoms with van der Waals surface area (Å²) in [5, 5.41) is 0. The van der Waals surface area contributed by atoms with Crippen LogP contribution in [0.5, 0.6) is 0 Å². The van der Waals surface area contributed by atoms with Gasteiger partial charge in [0.15, 0.2) is 6.10 Å². The lowest BCUT2D eigenvalue weighted by molar-refractivity contribution is -0.160. The topological polar surface area (TPSA) is 134 Å². The van der Waals surface area contributed by atoms with Crippen LogP contribution < -0.4 is 5.73 Å². The smallest absolute Gasteiger partial charge is 0.461 e. The minimum absolute atomic E-state index is 0.0375. The zero-order chi connectivity index (χ0) is 51.7. The van der Waals surface area contributed by atoms with Crippen LogP contribution in [0.1, 0.15) is 219 Å². The maximum Gasteiger partial charge on any atom is 0.472 e. The highest BCUT2D eigenvalue weighted by Gasteiger charge is 2.26. The Balaban J connectivity index is 3.94. The maximum atomic E-state index is 12.7. The summed E-state index contributed by atoms with van der Waals surface area (Å²) in [5.74, 6) is -0.978. The summed E-state index contributed by atoms with van der Waals surface area (Å²) >= 11 is 0. The van der Waals surface area contributed by atoms with Gasteiger partial charge in [-0.25, -0.2) is 4.57 Å². The third kappa shape index (κ3) is 55.6. The molecule has 0 fully saturated rings. The predicted octanol–water partition coefficient (Wildman–Crippen LogP) is 17.6. The average Bonchev–Trinajstić information content (AvgIpc) is 3.36. The number of carbonyl (C=O) groups is 2. The molecule has 0 saturated carbocycles. The molecule has 0 aliphatic carbocycles. The molecule has 0 spiro atoms. The highest BCUT2D eigenvalue weighted by Crippen LogP contribution is 2.43. The zero-order valence-corrected chi connectivity index (χ0v) is 45.8. The maximum absolute atomic E-state index is 12.7. The molecule has 0 bridgehead atoms. The Kier molecular flexibility index (Phi) is 52.9. The predicted molar refractivity (Wildman–Crippen MR) is 302 cm³/mol. The van der Waals surface area contributed by atoms with Gasteiger partial charge in [-0.1, -0.05) is 245 Å². The number of ether oxygens (including phenoxy) is 2. The molecule has 0 saturated heterocycles. The fourth-order valence-corrected chi connectivity index (χ4v) is 8.09. The van der Waals surface area contributed by atoms with Crippen LogP contribution in [0.2, 0.25) is 0 Å². The first-order valence-corrected chi connectivity index (χ1v) is 29.5. The summed E-state index contributed by atoms with van der Waals surface area (Å²) in [6, 6.07) is 0. The molecule has 404 valence electrons. The lowest BCUT2D eigenvalue weighted by atomic mass is 10.0. The van der Waals surface area contributed by atoms with Crippen LogP contribution in [0, 0.1) is 0 Å². The average molecular weight is 1010 g/mol. The van der Waals surface area contributed by atoms with E-state index < -0.39 is 32.5 Å². The first-order valence-electron chi connectivity index (χ1n) is 28.0. The first-order chi connectivity index (χ1) is 34.8. The Bertz CT molecular complexity index is 1570. The van der Waals surface area contributed by atoms with Crippen molar-refractivity contribution >= 4 is 19.8 Å². The summed E-state index contributed by atoms with van der Waals surface area (Å²) in [4.78, 5) is 35.0. The Labute approximate surface area is 434 Å². The summed E-state index contributed by atoms with van der Waals surface area (Å²) in [6.07, 6.45) is 77.3. The summed E-state index contributed by atoms with van der Waals surface area (Å²) in [5.41, 5.74) is 5.36. The number of hydrogen-bond donors (Lipinski definition) is 2. The second-order valence-corrected chi connectivity index (χ2v) is 19.5. The van der Waals surface area contributed by atoms with Gasteiger partial charge in [0.25, 0.3) is 0 Å². The molecule has 2 unspecified atom stereocenters. The molecule has 0 aromatic heterocycles. The van der Waals surface area contributed by atoms with Crippen molar-refractivity contribution < 1.29 is 37.6 Å². The third-order valence-electron chi connectivity index (χ3n) is 11.4. The molecule has 0 aromatic rings. The van der Waals surface area contributed by atoms with Crippen molar-refractivity contribution in [2.45, 2.75) is 225 Å². The fraction of sp³-hybridized carbons (Fsp3) is 0.639. The van der Waals surface area contributed by atoms with Crippen LogP contribution in [0.3, 0.4) is 0 Å². The summed E-state index contributed by atoms with van der Waals surface area (Å²) < 4.78 is 32.8. The van der Waals surface area contributed by atoms with E-state index >= 15 is 0 Å². The third-order valence-corrected chi connectivity index (χ3v) is 12.4. The molecular formula is C61H102NO8P. The normalized spacial score (nSPS) is 14.0. The molecule has 9 nitrogen and oxygen atoms in total. The number of hydrogen-bond acceptors (Lipinski definition) is 8. The molecule has 0 heterocycles. The SMILES string of the molecule is CC/C=C\C/C=C\C/C=C\C/C=C\C/C=C\CCCCCCCCCCCCCCCCCCCCCC(=O)OC(COC(=O)C/C=C\C/C=C\C/C=C\C/C=C\C/C=C\CC)COP(=O)(O)OCCN. The molecule has 0 rings (SSSR count). The quantitative estimate of drug-likeness (QED) is 0.0264. The van der Waals surface area contributed by atoms with Gasteiger partial charge < -0.3 is 20.1 Å². The van der Waals surface area contributed by atoms with E-state index in [9.17, 15) is 19.0 Å². The molecule has 2 atom stereocenters. The van der Waals surface area contributed by atoms with E-state index in [1.807, 2.05) is 12.2 Å². The number of unbranched alkanes of at least 4 members (excludes halogenated alkanes) is 19. The number of nitrogens with two attached hydrogens (primary N) is 1. The fourth-order valence-electron chi connectivity index (χ4n) is 7.32. The van der Waals surface area contributed by atoms with E-state index in [2.05, 4.69) is 117 Å². The van der Waals surface area contributed by atoms with E-state index in [0.29, 0.717) is 12.8 Å². The minimum atomic E-state index is -4.41. The van der Waals surface area contributed by atoms with Crippen molar-refractivity contribution in [3.05, 3.63) is 122 Å². The van der Waals surface area contributed by atoms with Gasteiger partial charge in [-0.05, 0) is 83.5 Å². The molecule has 71 heavy (non-hydrogen) atoms. The number of carbonyl (C=O) groups excluding carboxylic acids is 2. The van der Waals surface area contributed by atoms with Crippen LogP contribution in [-0.2, 0) is 32.7 Å². The van der Waals surface area contributed by atoms with E-state index in [1.54, 1.807) is 6.08 Å². The largest absolute Gasteiger partial charge is 0.472 e. The van der Waals surface area contributed by atoms with E-state index in [0.717, 1.165) is 77.0 Å². The van der Waals surface area contributed by atoms with Crippen LogP contribution in [0.25, 0.3) is 0 Å². The number of esters is 2. The van der Waals surface area contributed by atoms with Gasteiger partial charge in [0.05, 0.1) is 19.6 Å². The number of phosphoric acid groups is 1. The van der Waals surface area contributed by atoms with Gasteiger partial charge in [-0.15, -0.1) is 0 Å². The van der Waals surface area contributed by atoms with Crippen molar-refractivity contribution in [3.8, 4) is 0 Å². The highest BCUT2D eigenvalue weighted by atomic mass is 31.2. The Hall–Kier alpha value is -3.59. The molecule has 0 aliphatic rings. The standard InChI is InChI=1S/C61H102NO8P/c1-3-5-7-9-11-13-15-17-19-20-21-22-23-24-25-26-27-28-29-30-31-32-33-34-35-36-37-38-40-42-44-46-48-50-52-54-61(64)70-59(58-69-71(65,66)68-56-55-62)57-67-60(63)53-51-49-47-45-43-41-39-18-16-14-12-10-8-6-4-2/h5-8,11-14,17-19,21-22,24-25,39,43,45,49,51,59H,3-4,9-10,15-16,20,23,26-38,40-42,44,46-48,50,52-58,62H2,1-2H3,(H,65,66)/b7-5-,8-6-,13-11-,14-12-,19-17-,22-21-,25-24-,39-18-,45-43-,51-49-. The Morgan fingerprint density at radius 1 is 0.437 bits per heavy atom. The van der Waals surface area contributed by atoms with E-state index in [-0.39, 0.29) is 32.6 Å². The second kappa shape index (κ2) is 55.7. The first kappa shape index (κ1) is 67.4. The lowest BCUT2D eigenvalue weighted by Gasteiger charge is -2.19. The minimum Gasteiger partial charge on any atom is -0.461 e. The van der Waals surface area contributed by atoms with Crippen molar-refractivity contribution in [2.75, 3.05) is 26.4 Å². The van der Waals surface area contributed by atoms with Crippen molar-refractivity contribution in [1.82, 2.24) is 0 Å². The molecule has 0 aromatic carbocycles. The second-order valence-electron chi connectivity index (χ2n) is 18.1. The van der Waals surface area contributed by atoms with Crippen molar-refractivity contribution in [1.29, 1.82) is 0 Å².